The van der Waals surface area contributed by atoms with Crippen molar-refractivity contribution in [3.05, 3.63) is 94.4 Å². The second-order valence-corrected chi connectivity index (χ2v) is 6.67. The molecule has 0 aromatic heterocycles. The molecule has 3 atom stereocenters. The zero-order chi connectivity index (χ0) is 20.7. The van der Waals surface area contributed by atoms with Crippen LogP contribution in [0.15, 0.2) is 77.9 Å². The summed E-state index contributed by atoms with van der Waals surface area (Å²) in [5, 5.41) is 13.6. The molecule has 29 heavy (non-hydrogen) atoms. The number of hydrogen-bond donors (Lipinski definition) is 1. The third-order valence-corrected chi connectivity index (χ3v) is 4.50. The lowest BCUT2D eigenvalue weighted by Crippen LogP contribution is -2.42. The fourth-order valence-corrected chi connectivity index (χ4v) is 2.98. The van der Waals surface area contributed by atoms with Crippen molar-refractivity contribution in [2.75, 3.05) is 6.61 Å². The molecule has 0 saturated carbocycles. The standard InChI is InChI=1S/C23H29N3O3/c1-2-3-6-15-22(28-17-19-11-7-4-8-12-19)23(21(16-27)25-26-24)29-18-20-13-9-5-10-14-20/h3-14,21-23,27H,2,15-18H2,1H3/t21-,22+,23-/m0/s1. The molecule has 0 saturated heterocycles. The lowest BCUT2D eigenvalue weighted by Gasteiger charge is -2.30. The monoisotopic (exact) mass is 395 g/mol. The van der Waals surface area contributed by atoms with Crippen LogP contribution in [-0.2, 0) is 22.7 Å². The molecule has 0 aliphatic heterocycles. The highest BCUT2D eigenvalue weighted by molar-refractivity contribution is 5.14. The first-order valence-corrected chi connectivity index (χ1v) is 9.89. The molecule has 0 radical (unpaired) electrons. The summed E-state index contributed by atoms with van der Waals surface area (Å²) in [5.74, 6) is 0. The third kappa shape index (κ3) is 8.10. The maximum absolute atomic E-state index is 9.81. The number of hydrogen-bond acceptors (Lipinski definition) is 4. The van der Waals surface area contributed by atoms with E-state index in [-0.39, 0.29) is 12.7 Å². The first-order chi connectivity index (χ1) is 14.3. The van der Waals surface area contributed by atoms with Crippen LogP contribution in [-0.4, -0.2) is 30.0 Å². The van der Waals surface area contributed by atoms with E-state index in [1.165, 1.54) is 0 Å². The highest BCUT2D eigenvalue weighted by Crippen LogP contribution is 2.20. The zero-order valence-electron chi connectivity index (χ0n) is 16.8. The number of ether oxygens (including phenoxy) is 2. The highest BCUT2D eigenvalue weighted by atomic mass is 16.5. The molecular weight excluding hydrogens is 366 g/mol. The Morgan fingerprint density at radius 3 is 2.07 bits per heavy atom. The van der Waals surface area contributed by atoms with Crippen molar-refractivity contribution in [1.29, 1.82) is 0 Å². The van der Waals surface area contributed by atoms with Gasteiger partial charge in [-0.15, -0.1) is 0 Å². The second kappa shape index (κ2) is 13.5. The predicted molar refractivity (Wildman–Crippen MR) is 114 cm³/mol. The number of allylic oxidation sites excluding steroid dienone is 1. The average Bonchev–Trinajstić information content (AvgIpc) is 2.77. The summed E-state index contributed by atoms with van der Waals surface area (Å²) in [5.41, 5.74) is 11.0. The van der Waals surface area contributed by atoms with Gasteiger partial charge in [0.2, 0.25) is 0 Å². The fraction of sp³-hybridized carbons (Fsp3) is 0.391. The van der Waals surface area contributed by atoms with E-state index in [0.717, 1.165) is 17.5 Å². The van der Waals surface area contributed by atoms with Crippen LogP contribution in [0, 0.1) is 0 Å². The van der Waals surface area contributed by atoms with Gasteiger partial charge in [-0.2, -0.15) is 0 Å². The van der Waals surface area contributed by atoms with Crippen LogP contribution in [0.2, 0.25) is 0 Å². The summed E-state index contributed by atoms with van der Waals surface area (Å²) >= 11 is 0. The van der Waals surface area contributed by atoms with E-state index >= 15 is 0 Å². The molecule has 6 heteroatoms. The van der Waals surface area contributed by atoms with Gasteiger partial charge in [-0.25, -0.2) is 0 Å². The SMILES string of the molecule is CCC=CC[C@@H](OCc1ccccc1)[C@@H](OCc1ccccc1)[C@H](CO)N=[N+]=[N-]. The van der Waals surface area contributed by atoms with Crippen LogP contribution < -0.4 is 0 Å². The molecule has 6 nitrogen and oxygen atoms in total. The van der Waals surface area contributed by atoms with Gasteiger partial charge in [-0.1, -0.05) is 84.9 Å². The highest BCUT2D eigenvalue weighted by Gasteiger charge is 2.30. The molecule has 0 fully saturated rings. The summed E-state index contributed by atoms with van der Waals surface area (Å²) in [6.07, 6.45) is 4.66. The van der Waals surface area contributed by atoms with Crippen LogP contribution in [0.3, 0.4) is 0 Å². The minimum absolute atomic E-state index is 0.313. The maximum atomic E-state index is 9.81. The van der Waals surface area contributed by atoms with Gasteiger partial charge in [0.15, 0.2) is 0 Å². The minimum atomic E-state index is -0.737. The third-order valence-electron chi connectivity index (χ3n) is 4.50. The summed E-state index contributed by atoms with van der Waals surface area (Å²) in [4.78, 5) is 2.89. The van der Waals surface area contributed by atoms with Crippen molar-refractivity contribution in [1.82, 2.24) is 0 Å². The van der Waals surface area contributed by atoms with Crippen molar-refractivity contribution in [2.24, 2.45) is 5.11 Å². The Morgan fingerprint density at radius 2 is 1.55 bits per heavy atom. The molecule has 0 heterocycles. The Bertz CT molecular complexity index is 761. The van der Waals surface area contributed by atoms with Gasteiger partial charge in [-0.05, 0) is 29.5 Å². The number of azide groups is 1. The van der Waals surface area contributed by atoms with Crippen LogP contribution in [0.25, 0.3) is 10.4 Å². The number of rotatable bonds is 13. The van der Waals surface area contributed by atoms with Crippen molar-refractivity contribution in [3.63, 3.8) is 0 Å². The number of aliphatic hydroxyl groups is 1. The van der Waals surface area contributed by atoms with Gasteiger partial charge in [0, 0.05) is 4.91 Å². The molecule has 0 unspecified atom stereocenters. The number of aliphatic hydroxyl groups excluding tert-OH is 1. The van der Waals surface area contributed by atoms with Crippen LogP contribution in [0.4, 0.5) is 0 Å². The van der Waals surface area contributed by atoms with E-state index in [1.54, 1.807) is 0 Å². The van der Waals surface area contributed by atoms with Gasteiger partial charge in [0.05, 0.1) is 38.1 Å². The number of benzene rings is 2. The lowest BCUT2D eigenvalue weighted by molar-refractivity contribution is -0.0988. The quantitative estimate of drug-likeness (QED) is 0.219. The van der Waals surface area contributed by atoms with Gasteiger partial charge < -0.3 is 14.6 Å². The van der Waals surface area contributed by atoms with Crippen molar-refractivity contribution < 1.29 is 14.6 Å². The molecule has 0 amide bonds. The van der Waals surface area contributed by atoms with E-state index in [2.05, 4.69) is 23.0 Å². The van der Waals surface area contributed by atoms with Crippen LogP contribution in [0.5, 0.6) is 0 Å². The van der Waals surface area contributed by atoms with E-state index < -0.39 is 12.1 Å². The predicted octanol–water partition coefficient (Wildman–Crippen LogP) is 5.18. The van der Waals surface area contributed by atoms with Crippen molar-refractivity contribution in [3.8, 4) is 0 Å². The Hall–Kier alpha value is -2.63. The van der Waals surface area contributed by atoms with Gasteiger partial charge >= 0.3 is 0 Å². The molecule has 2 rings (SSSR count). The fourth-order valence-electron chi connectivity index (χ4n) is 2.98. The molecule has 154 valence electrons. The molecule has 0 bridgehead atoms. The van der Waals surface area contributed by atoms with Crippen LogP contribution in [0.1, 0.15) is 30.9 Å². The molecule has 0 aliphatic carbocycles. The maximum Gasteiger partial charge on any atom is 0.0951 e. The first kappa shape index (κ1) is 22.7. The van der Waals surface area contributed by atoms with Crippen LogP contribution >= 0.6 is 0 Å². The van der Waals surface area contributed by atoms with E-state index in [0.29, 0.717) is 19.6 Å². The Labute approximate surface area is 172 Å². The molecule has 0 aliphatic rings. The van der Waals surface area contributed by atoms with Crippen molar-refractivity contribution in [2.45, 2.75) is 51.2 Å². The first-order valence-electron chi connectivity index (χ1n) is 9.89. The minimum Gasteiger partial charge on any atom is -0.396 e. The second-order valence-electron chi connectivity index (χ2n) is 6.67. The molecule has 2 aromatic carbocycles. The summed E-state index contributed by atoms with van der Waals surface area (Å²) < 4.78 is 12.3. The Balaban J connectivity index is 2.19. The number of nitrogens with zero attached hydrogens (tertiary/aromatic N) is 3. The summed E-state index contributed by atoms with van der Waals surface area (Å²) in [6, 6.07) is 18.9. The lowest BCUT2D eigenvalue weighted by atomic mass is 10.0. The molecule has 2 aromatic rings. The van der Waals surface area contributed by atoms with Gasteiger partial charge in [-0.3, -0.25) is 0 Å². The average molecular weight is 396 g/mol. The van der Waals surface area contributed by atoms with E-state index in [9.17, 15) is 5.11 Å². The van der Waals surface area contributed by atoms with Crippen molar-refractivity contribution >= 4 is 0 Å². The van der Waals surface area contributed by atoms with Gasteiger partial charge in [0.25, 0.3) is 0 Å². The normalized spacial score (nSPS) is 14.3. The van der Waals surface area contributed by atoms with E-state index in [4.69, 9.17) is 15.0 Å². The summed E-state index contributed by atoms with van der Waals surface area (Å²) in [6.45, 7) is 2.50. The molecule has 1 N–H and O–H groups in total. The van der Waals surface area contributed by atoms with Gasteiger partial charge in [0.1, 0.15) is 0 Å². The largest absolute Gasteiger partial charge is 0.396 e. The smallest absolute Gasteiger partial charge is 0.0951 e. The topological polar surface area (TPSA) is 87.5 Å². The molecule has 0 spiro atoms. The molecular formula is C23H29N3O3. The Morgan fingerprint density at radius 1 is 0.966 bits per heavy atom. The Kier molecular flexibility index (Phi) is 10.6. The van der Waals surface area contributed by atoms with E-state index in [1.807, 2.05) is 66.7 Å². The summed E-state index contributed by atoms with van der Waals surface area (Å²) in [7, 11) is 0. The zero-order valence-corrected chi connectivity index (χ0v) is 16.8.